The first kappa shape index (κ1) is 17.2. The van der Waals surface area contributed by atoms with Crippen LogP contribution >= 0.6 is 11.3 Å². The number of aliphatic hydroxyl groups is 1. The van der Waals surface area contributed by atoms with Crippen LogP contribution in [-0.2, 0) is 4.79 Å². The van der Waals surface area contributed by atoms with Crippen LogP contribution in [0.2, 0.25) is 0 Å². The van der Waals surface area contributed by atoms with Gasteiger partial charge in [0.05, 0.1) is 9.75 Å². The van der Waals surface area contributed by atoms with Crippen molar-refractivity contribution in [1.82, 2.24) is 10.6 Å². The third kappa shape index (κ3) is 5.98. The third-order valence-electron chi connectivity index (χ3n) is 2.36. The average molecular weight is 308 g/mol. The fourth-order valence-electron chi connectivity index (χ4n) is 1.46. The standard InChI is InChI=1S/C15H20N2O3S/c1-10(13(19)17-15(2,3)4)16-14(20)12-8-7-11(21-12)6-5-9-18/h7-8,10,18H,9H2,1-4H3,(H,16,20)(H,17,19). The summed E-state index contributed by atoms with van der Waals surface area (Å²) in [6, 6.07) is 2.74. The molecule has 0 aromatic carbocycles. The zero-order valence-corrected chi connectivity index (χ0v) is 13.4. The van der Waals surface area contributed by atoms with E-state index in [9.17, 15) is 9.59 Å². The average Bonchev–Trinajstić information content (AvgIpc) is 2.82. The molecule has 0 aliphatic carbocycles. The van der Waals surface area contributed by atoms with Gasteiger partial charge in [-0.3, -0.25) is 9.59 Å². The van der Waals surface area contributed by atoms with Gasteiger partial charge in [-0.25, -0.2) is 0 Å². The Labute approximate surface area is 128 Å². The molecule has 6 heteroatoms. The molecule has 0 spiro atoms. The Hall–Kier alpha value is -1.84. The van der Waals surface area contributed by atoms with Crippen LogP contribution in [0, 0.1) is 11.8 Å². The number of thiophene rings is 1. The Bertz CT molecular complexity index is 576. The summed E-state index contributed by atoms with van der Waals surface area (Å²) in [4.78, 5) is 25.1. The van der Waals surface area contributed by atoms with Crippen LogP contribution in [0.3, 0.4) is 0 Å². The van der Waals surface area contributed by atoms with E-state index in [-0.39, 0.29) is 24.0 Å². The van der Waals surface area contributed by atoms with E-state index in [0.29, 0.717) is 9.75 Å². The largest absolute Gasteiger partial charge is 0.384 e. The van der Waals surface area contributed by atoms with Gasteiger partial charge < -0.3 is 15.7 Å². The highest BCUT2D eigenvalue weighted by molar-refractivity contribution is 7.14. The summed E-state index contributed by atoms with van der Waals surface area (Å²) < 4.78 is 0. The molecule has 3 N–H and O–H groups in total. The van der Waals surface area contributed by atoms with Crippen molar-refractivity contribution >= 4 is 23.2 Å². The highest BCUT2D eigenvalue weighted by atomic mass is 32.1. The van der Waals surface area contributed by atoms with Crippen LogP contribution in [0.15, 0.2) is 12.1 Å². The first-order valence-electron chi connectivity index (χ1n) is 6.55. The Balaban J connectivity index is 2.64. The Morgan fingerprint density at radius 2 is 2.05 bits per heavy atom. The van der Waals surface area contributed by atoms with E-state index in [1.54, 1.807) is 19.1 Å². The maximum absolute atomic E-state index is 12.0. The molecule has 5 nitrogen and oxygen atoms in total. The number of nitrogens with one attached hydrogen (secondary N) is 2. The molecule has 1 atom stereocenters. The molecule has 1 rings (SSSR count). The third-order valence-corrected chi connectivity index (χ3v) is 3.36. The number of carbonyl (C=O) groups excluding carboxylic acids is 2. The molecule has 0 saturated heterocycles. The number of rotatable bonds is 3. The van der Waals surface area contributed by atoms with Gasteiger partial charge in [0.1, 0.15) is 12.6 Å². The molecule has 0 bridgehead atoms. The van der Waals surface area contributed by atoms with Gasteiger partial charge in [-0.15, -0.1) is 11.3 Å². The summed E-state index contributed by atoms with van der Waals surface area (Å²) in [5, 5.41) is 14.1. The lowest BCUT2D eigenvalue weighted by molar-refractivity contribution is -0.124. The molecule has 2 amide bonds. The predicted molar refractivity (Wildman–Crippen MR) is 83.1 cm³/mol. The van der Waals surface area contributed by atoms with Crippen molar-refractivity contribution in [2.75, 3.05) is 6.61 Å². The monoisotopic (exact) mass is 308 g/mol. The Morgan fingerprint density at radius 3 is 2.62 bits per heavy atom. The molecule has 0 radical (unpaired) electrons. The van der Waals surface area contributed by atoms with Crippen LogP contribution in [-0.4, -0.2) is 35.1 Å². The summed E-state index contributed by atoms with van der Waals surface area (Å²) in [6.07, 6.45) is 0. The SMILES string of the molecule is CC(NC(=O)c1ccc(C#CCO)s1)C(=O)NC(C)(C)C. The quantitative estimate of drug-likeness (QED) is 0.732. The van der Waals surface area contributed by atoms with Crippen molar-refractivity contribution < 1.29 is 14.7 Å². The van der Waals surface area contributed by atoms with Gasteiger partial charge in [-0.2, -0.15) is 0 Å². The Morgan fingerprint density at radius 1 is 1.38 bits per heavy atom. The normalized spacial score (nSPS) is 12.0. The molecule has 0 aliphatic heterocycles. The van der Waals surface area contributed by atoms with Crippen molar-refractivity contribution in [2.24, 2.45) is 0 Å². The number of carbonyl (C=O) groups is 2. The minimum atomic E-state index is -0.620. The first-order valence-corrected chi connectivity index (χ1v) is 7.37. The predicted octanol–water partition coefficient (Wildman–Crippen LogP) is 1.12. The summed E-state index contributed by atoms with van der Waals surface area (Å²) in [5.41, 5.74) is -0.341. The van der Waals surface area contributed by atoms with Crippen molar-refractivity contribution in [1.29, 1.82) is 0 Å². The van der Waals surface area contributed by atoms with Gasteiger partial charge in [0, 0.05) is 5.54 Å². The van der Waals surface area contributed by atoms with Crippen molar-refractivity contribution in [3.8, 4) is 11.8 Å². The maximum atomic E-state index is 12.0. The molecule has 0 aliphatic rings. The van der Waals surface area contributed by atoms with Gasteiger partial charge in [0.25, 0.3) is 5.91 Å². The molecule has 1 unspecified atom stereocenters. The summed E-state index contributed by atoms with van der Waals surface area (Å²) in [7, 11) is 0. The van der Waals surface area contributed by atoms with Crippen LogP contribution < -0.4 is 10.6 Å². The summed E-state index contributed by atoms with van der Waals surface area (Å²) >= 11 is 1.22. The lowest BCUT2D eigenvalue weighted by Gasteiger charge is -2.23. The van der Waals surface area contributed by atoms with Gasteiger partial charge in [0.2, 0.25) is 5.91 Å². The van der Waals surface area contributed by atoms with Crippen molar-refractivity contribution in [3.63, 3.8) is 0 Å². The topological polar surface area (TPSA) is 78.4 Å². The molecule has 1 heterocycles. The van der Waals surface area contributed by atoms with Crippen molar-refractivity contribution in [3.05, 3.63) is 21.9 Å². The molecule has 1 aromatic rings. The summed E-state index contributed by atoms with van der Waals surface area (Å²) in [6.45, 7) is 7.06. The summed E-state index contributed by atoms with van der Waals surface area (Å²) in [5.74, 6) is 4.72. The molecular formula is C15H20N2O3S. The zero-order valence-electron chi connectivity index (χ0n) is 12.6. The van der Waals surface area contributed by atoms with E-state index in [4.69, 9.17) is 5.11 Å². The first-order chi connectivity index (χ1) is 9.73. The van der Waals surface area contributed by atoms with Gasteiger partial charge >= 0.3 is 0 Å². The second kappa shape index (κ2) is 7.25. The van der Waals surface area contributed by atoms with E-state index in [0.717, 1.165) is 0 Å². The maximum Gasteiger partial charge on any atom is 0.262 e. The lowest BCUT2D eigenvalue weighted by Crippen LogP contribution is -2.50. The fourth-order valence-corrected chi connectivity index (χ4v) is 2.25. The van der Waals surface area contributed by atoms with Gasteiger partial charge in [0.15, 0.2) is 0 Å². The number of hydrogen-bond donors (Lipinski definition) is 3. The van der Waals surface area contributed by atoms with Crippen molar-refractivity contribution in [2.45, 2.75) is 39.3 Å². The van der Waals surface area contributed by atoms with Gasteiger partial charge in [-0.1, -0.05) is 11.8 Å². The smallest absolute Gasteiger partial charge is 0.262 e. The number of aliphatic hydroxyl groups excluding tert-OH is 1. The van der Waals surface area contributed by atoms with Crippen LogP contribution in [0.25, 0.3) is 0 Å². The minimum Gasteiger partial charge on any atom is -0.384 e. The van der Waals surface area contributed by atoms with E-state index >= 15 is 0 Å². The van der Waals surface area contributed by atoms with E-state index in [2.05, 4.69) is 22.5 Å². The van der Waals surface area contributed by atoms with Crippen LogP contribution in [0.1, 0.15) is 42.2 Å². The highest BCUT2D eigenvalue weighted by Crippen LogP contribution is 2.15. The Kier molecular flexibility index (Phi) is 5.94. The molecule has 114 valence electrons. The molecule has 1 aromatic heterocycles. The number of amides is 2. The van der Waals surface area contributed by atoms with Gasteiger partial charge in [-0.05, 0) is 39.8 Å². The van der Waals surface area contributed by atoms with E-state index < -0.39 is 6.04 Å². The van der Waals surface area contributed by atoms with E-state index in [1.165, 1.54) is 11.3 Å². The van der Waals surface area contributed by atoms with E-state index in [1.807, 2.05) is 20.8 Å². The molecule has 0 saturated carbocycles. The highest BCUT2D eigenvalue weighted by Gasteiger charge is 2.21. The fraction of sp³-hybridized carbons (Fsp3) is 0.467. The molecule has 21 heavy (non-hydrogen) atoms. The molecule has 0 fully saturated rings. The minimum absolute atomic E-state index is 0.219. The zero-order chi connectivity index (χ0) is 16.0. The number of hydrogen-bond acceptors (Lipinski definition) is 4. The second-order valence-electron chi connectivity index (χ2n) is 5.56. The molecular weight excluding hydrogens is 288 g/mol. The van der Waals surface area contributed by atoms with Crippen LogP contribution in [0.5, 0.6) is 0 Å². The second-order valence-corrected chi connectivity index (χ2v) is 6.64. The lowest BCUT2D eigenvalue weighted by atomic mass is 10.1. The van der Waals surface area contributed by atoms with Crippen LogP contribution in [0.4, 0.5) is 0 Å².